The van der Waals surface area contributed by atoms with E-state index in [-0.39, 0.29) is 10.8 Å². The fraction of sp³-hybridized carbons (Fsp3) is 0.714. The smallest absolute Gasteiger partial charge is 0.145 e. The number of ketones is 1. The van der Waals surface area contributed by atoms with Crippen LogP contribution < -0.4 is 0 Å². The lowest BCUT2D eigenvalue weighted by atomic mass is 9.52. The molecular weight excluding hydrogens is 214 g/mol. The Hall–Kier alpha value is -1.12. The van der Waals surface area contributed by atoms with Crippen LogP contribution in [0.4, 0.5) is 0 Å². The summed E-state index contributed by atoms with van der Waals surface area (Å²) in [5, 5.41) is 3.95. The van der Waals surface area contributed by atoms with Crippen molar-refractivity contribution in [1.29, 1.82) is 0 Å². The molecular formula is C14H19NO2. The Bertz CT molecular complexity index is 474. The quantitative estimate of drug-likeness (QED) is 0.692. The molecule has 2 aliphatic carbocycles. The van der Waals surface area contributed by atoms with Crippen molar-refractivity contribution in [2.75, 3.05) is 0 Å². The fourth-order valence-corrected chi connectivity index (χ4v) is 4.24. The average molecular weight is 233 g/mol. The van der Waals surface area contributed by atoms with E-state index in [1.165, 1.54) is 5.56 Å². The Balaban J connectivity index is 2.11. The highest BCUT2D eigenvalue weighted by Gasteiger charge is 2.53. The van der Waals surface area contributed by atoms with E-state index < -0.39 is 0 Å². The maximum atomic E-state index is 11.7. The number of carbonyl (C=O) groups excluding carboxylic acids is 1. The third kappa shape index (κ3) is 1.41. The number of carbonyl (C=O) groups is 1. The summed E-state index contributed by atoms with van der Waals surface area (Å²) in [6, 6.07) is 0. The highest BCUT2D eigenvalue weighted by atomic mass is 16.5. The summed E-state index contributed by atoms with van der Waals surface area (Å²) in [4.78, 5) is 11.7. The molecule has 17 heavy (non-hydrogen) atoms. The summed E-state index contributed by atoms with van der Waals surface area (Å²) in [6.45, 7) is 6.72. The van der Waals surface area contributed by atoms with Crippen molar-refractivity contribution in [1.82, 2.24) is 5.16 Å². The Kier molecular flexibility index (Phi) is 2.08. The summed E-state index contributed by atoms with van der Waals surface area (Å²) < 4.78 is 5.46. The first-order valence-electron chi connectivity index (χ1n) is 6.39. The van der Waals surface area contributed by atoms with Gasteiger partial charge in [-0.25, -0.2) is 0 Å². The van der Waals surface area contributed by atoms with Crippen molar-refractivity contribution >= 4 is 5.78 Å². The average Bonchev–Trinajstić information content (AvgIpc) is 2.64. The predicted molar refractivity (Wildman–Crippen MR) is 63.7 cm³/mol. The molecule has 1 aromatic rings. The van der Waals surface area contributed by atoms with Gasteiger partial charge in [-0.15, -0.1) is 0 Å². The lowest BCUT2D eigenvalue weighted by molar-refractivity contribution is -0.127. The maximum absolute atomic E-state index is 11.7. The Morgan fingerprint density at radius 1 is 1.35 bits per heavy atom. The van der Waals surface area contributed by atoms with E-state index in [4.69, 9.17) is 4.52 Å². The number of aromatic nitrogens is 1. The highest BCUT2D eigenvalue weighted by molar-refractivity contribution is 5.80. The van der Waals surface area contributed by atoms with Gasteiger partial charge in [0.1, 0.15) is 11.5 Å². The molecule has 0 radical (unpaired) electrons. The first kappa shape index (κ1) is 11.0. The minimum absolute atomic E-state index is 0.000463. The molecule has 0 unspecified atom stereocenters. The van der Waals surface area contributed by atoms with Crippen molar-refractivity contribution in [3.05, 3.63) is 17.5 Å². The van der Waals surface area contributed by atoms with Gasteiger partial charge in [-0.1, -0.05) is 25.9 Å². The van der Waals surface area contributed by atoms with Gasteiger partial charge in [0.15, 0.2) is 0 Å². The van der Waals surface area contributed by atoms with Gasteiger partial charge in [0.25, 0.3) is 0 Å². The Labute approximate surface area is 102 Å². The third-order valence-corrected chi connectivity index (χ3v) is 4.85. The van der Waals surface area contributed by atoms with Gasteiger partial charge in [0.05, 0.1) is 6.20 Å². The summed E-state index contributed by atoms with van der Waals surface area (Å²) in [6.07, 6.45) is 5.20. The molecule has 2 atom stereocenters. The molecule has 1 aromatic heterocycles. The minimum Gasteiger partial charge on any atom is -0.361 e. The molecule has 3 rings (SSSR count). The molecule has 1 heterocycles. The van der Waals surface area contributed by atoms with Crippen LogP contribution in [0.25, 0.3) is 0 Å². The standard InChI is InChI=1S/C14H19NO2/c1-13(2)11-5-4-10(16)7-14(11,3)6-9-8-15-17-12(9)13/h8,11H,4-7H2,1-3H3/t11-,14+/m0/s1. The molecule has 0 saturated heterocycles. The Morgan fingerprint density at radius 3 is 2.88 bits per heavy atom. The molecule has 2 aliphatic rings. The summed E-state index contributed by atoms with van der Waals surface area (Å²) in [5.74, 6) is 1.97. The zero-order valence-electron chi connectivity index (χ0n) is 10.7. The van der Waals surface area contributed by atoms with Gasteiger partial charge in [-0.2, -0.15) is 0 Å². The van der Waals surface area contributed by atoms with E-state index in [0.717, 1.165) is 25.0 Å². The first-order chi connectivity index (χ1) is 7.93. The number of hydrogen-bond acceptors (Lipinski definition) is 3. The zero-order valence-corrected chi connectivity index (χ0v) is 10.7. The normalized spacial score (nSPS) is 35.2. The number of nitrogens with zero attached hydrogens (tertiary/aromatic N) is 1. The van der Waals surface area contributed by atoms with Crippen LogP contribution in [0.2, 0.25) is 0 Å². The van der Waals surface area contributed by atoms with E-state index in [9.17, 15) is 4.79 Å². The van der Waals surface area contributed by atoms with E-state index in [0.29, 0.717) is 18.1 Å². The molecule has 0 N–H and O–H groups in total. The number of rotatable bonds is 0. The monoisotopic (exact) mass is 233 g/mol. The Morgan fingerprint density at radius 2 is 2.12 bits per heavy atom. The first-order valence-corrected chi connectivity index (χ1v) is 6.39. The van der Waals surface area contributed by atoms with E-state index in [2.05, 4.69) is 25.9 Å². The number of hydrogen-bond donors (Lipinski definition) is 0. The molecule has 3 nitrogen and oxygen atoms in total. The highest BCUT2D eigenvalue weighted by Crippen LogP contribution is 2.55. The van der Waals surface area contributed by atoms with Crippen molar-refractivity contribution in [2.24, 2.45) is 11.3 Å². The maximum Gasteiger partial charge on any atom is 0.145 e. The van der Waals surface area contributed by atoms with Crippen LogP contribution in [0.3, 0.4) is 0 Å². The van der Waals surface area contributed by atoms with Crippen LogP contribution in [0, 0.1) is 11.3 Å². The van der Waals surface area contributed by atoms with E-state index in [1.54, 1.807) is 0 Å². The lowest BCUT2D eigenvalue weighted by Gasteiger charge is -2.51. The second-order valence-corrected chi connectivity index (χ2v) is 6.54. The van der Waals surface area contributed by atoms with Crippen LogP contribution >= 0.6 is 0 Å². The number of Topliss-reactive ketones (excluding diaryl/α,β-unsaturated/α-hetero) is 1. The van der Waals surface area contributed by atoms with Gasteiger partial charge in [0.2, 0.25) is 0 Å². The van der Waals surface area contributed by atoms with Crippen LogP contribution in [-0.4, -0.2) is 10.9 Å². The fourth-order valence-electron chi connectivity index (χ4n) is 4.24. The van der Waals surface area contributed by atoms with Crippen molar-refractivity contribution in [3.8, 4) is 0 Å². The summed E-state index contributed by atoms with van der Waals surface area (Å²) >= 11 is 0. The molecule has 3 heteroatoms. The second-order valence-electron chi connectivity index (χ2n) is 6.54. The molecule has 0 aromatic carbocycles. The van der Waals surface area contributed by atoms with Crippen LogP contribution in [-0.2, 0) is 16.6 Å². The molecule has 1 fully saturated rings. The molecule has 1 saturated carbocycles. The minimum atomic E-state index is -0.000463. The molecule has 0 amide bonds. The topological polar surface area (TPSA) is 43.1 Å². The van der Waals surface area contributed by atoms with Crippen molar-refractivity contribution < 1.29 is 9.32 Å². The lowest BCUT2D eigenvalue weighted by Crippen LogP contribution is -2.49. The zero-order chi connectivity index (χ0) is 12.3. The van der Waals surface area contributed by atoms with Gasteiger partial charge < -0.3 is 4.52 Å². The summed E-state index contributed by atoms with van der Waals surface area (Å²) in [7, 11) is 0. The molecule has 0 bridgehead atoms. The van der Waals surface area contributed by atoms with Crippen LogP contribution in [0.1, 0.15) is 51.4 Å². The summed E-state index contributed by atoms with van der Waals surface area (Å²) in [5.41, 5.74) is 1.29. The van der Waals surface area contributed by atoms with Crippen molar-refractivity contribution in [2.45, 2.75) is 51.9 Å². The van der Waals surface area contributed by atoms with Gasteiger partial charge >= 0.3 is 0 Å². The molecule has 0 spiro atoms. The molecule has 0 aliphatic heterocycles. The largest absolute Gasteiger partial charge is 0.361 e. The predicted octanol–water partition coefficient (Wildman–Crippen LogP) is 2.88. The number of fused-ring (bicyclic) bond motifs is 2. The SMILES string of the molecule is CC1(C)c2oncc2C[C@]2(C)CC(=O)CC[C@@H]12. The van der Waals surface area contributed by atoms with E-state index in [1.807, 2.05) is 6.20 Å². The van der Waals surface area contributed by atoms with Crippen LogP contribution in [0.15, 0.2) is 10.7 Å². The third-order valence-electron chi connectivity index (χ3n) is 4.85. The van der Waals surface area contributed by atoms with Crippen LogP contribution in [0.5, 0.6) is 0 Å². The second kappa shape index (κ2) is 3.21. The van der Waals surface area contributed by atoms with Gasteiger partial charge in [-0.05, 0) is 24.2 Å². The van der Waals surface area contributed by atoms with Gasteiger partial charge in [-0.3, -0.25) is 4.79 Å². The van der Waals surface area contributed by atoms with Gasteiger partial charge in [0, 0.05) is 23.8 Å². The van der Waals surface area contributed by atoms with Crippen molar-refractivity contribution in [3.63, 3.8) is 0 Å². The molecule has 92 valence electrons. The van der Waals surface area contributed by atoms with E-state index >= 15 is 0 Å².